The summed E-state index contributed by atoms with van der Waals surface area (Å²) in [4.78, 5) is 19.4. The summed E-state index contributed by atoms with van der Waals surface area (Å²) >= 11 is 0. The van der Waals surface area contributed by atoms with Gasteiger partial charge in [-0.1, -0.05) is 49.6 Å². The number of pyridine rings is 1. The van der Waals surface area contributed by atoms with Crippen molar-refractivity contribution in [3.8, 4) is 0 Å². The summed E-state index contributed by atoms with van der Waals surface area (Å²) < 4.78 is 0. The predicted octanol–water partition coefficient (Wildman–Crippen LogP) is 4.93. The van der Waals surface area contributed by atoms with Crippen LogP contribution in [0.25, 0.3) is 22.7 Å². The molecule has 4 rings (SSSR count). The Morgan fingerprint density at radius 2 is 1.93 bits per heavy atom. The molecule has 1 aliphatic carbocycles. The van der Waals surface area contributed by atoms with Gasteiger partial charge in [-0.3, -0.25) is 0 Å². The summed E-state index contributed by atoms with van der Waals surface area (Å²) in [6.45, 7) is 0. The maximum absolute atomic E-state index is 11.9. The van der Waals surface area contributed by atoms with Gasteiger partial charge in [0.2, 0.25) is 0 Å². The zero-order chi connectivity index (χ0) is 18.6. The number of aromatic amines is 1. The van der Waals surface area contributed by atoms with E-state index >= 15 is 0 Å². The number of hydrogen-bond acceptors (Lipinski definition) is 3. The molecule has 2 aromatic heterocycles. The number of carboxylic acids is 1. The second kappa shape index (κ2) is 7.66. The number of aliphatic carboxylic acids is 1. The topological polar surface area (TPSA) is 78.0 Å². The number of hydrogen-bond donors (Lipinski definition) is 3. The first-order valence-corrected chi connectivity index (χ1v) is 9.45. The number of rotatable bonds is 5. The molecule has 0 bridgehead atoms. The van der Waals surface area contributed by atoms with Crippen LogP contribution in [0.2, 0.25) is 0 Å². The van der Waals surface area contributed by atoms with E-state index in [0.717, 1.165) is 22.3 Å². The lowest BCUT2D eigenvalue weighted by Crippen LogP contribution is -2.22. The number of nitrogens with zero attached hydrogens (tertiary/aromatic N) is 1. The van der Waals surface area contributed by atoms with Crippen LogP contribution in [0.15, 0.2) is 48.8 Å². The minimum absolute atomic E-state index is 0.268. The summed E-state index contributed by atoms with van der Waals surface area (Å²) in [7, 11) is 0. The maximum atomic E-state index is 11.9. The van der Waals surface area contributed by atoms with Gasteiger partial charge in [0, 0.05) is 35.1 Å². The third-order valence-electron chi connectivity index (χ3n) is 5.18. The summed E-state index contributed by atoms with van der Waals surface area (Å²) in [6.07, 6.45) is 11.5. The van der Waals surface area contributed by atoms with Crippen molar-refractivity contribution in [1.29, 1.82) is 0 Å². The molecule has 0 spiro atoms. The fourth-order valence-corrected chi connectivity index (χ4v) is 3.82. The lowest BCUT2D eigenvalue weighted by Gasteiger charge is -2.24. The number of nitrogens with one attached hydrogen (secondary N) is 2. The largest absolute Gasteiger partial charge is 0.478 e. The average Bonchev–Trinajstić information content (AvgIpc) is 3.11. The Kier molecular flexibility index (Phi) is 4.92. The van der Waals surface area contributed by atoms with Crippen LogP contribution >= 0.6 is 0 Å². The lowest BCUT2D eigenvalue weighted by atomic mass is 9.95. The Bertz CT molecular complexity index is 970. The molecule has 1 saturated carbocycles. The molecule has 2 heterocycles. The van der Waals surface area contributed by atoms with Crippen LogP contribution in [0.1, 0.15) is 43.2 Å². The summed E-state index contributed by atoms with van der Waals surface area (Å²) in [5.74, 6) is -0.943. The first-order chi connectivity index (χ1) is 13.2. The van der Waals surface area contributed by atoms with Crippen LogP contribution in [0.3, 0.4) is 0 Å². The quantitative estimate of drug-likeness (QED) is 0.563. The van der Waals surface area contributed by atoms with E-state index in [0.29, 0.717) is 11.6 Å². The van der Waals surface area contributed by atoms with Gasteiger partial charge in [0.15, 0.2) is 0 Å². The third kappa shape index (κ3) is 3.72. The zero-order valence-electron chi connectivity index (χ0n) is 15.1. The summed E-state index contributed by atoms with van der Waals surface area (Å²) in [5, 5.41) is 14.3. The Balaban J connectivity index is 1.76. The fraction of sp³-hybridized carbons (Fsp3) is 0.273. The number of carboxylic acid groups (broad SMARTS) is 1. The summed E-state index contributed by atoms with van der Waals surface area (Å²) in [6, 6.07) is 11.6. The van der Waals surface area contributed by atoms with E-state index < -0.39 is 5.97 Å². The standard InChI is InChI=1S/C22H23N3O2/c26-22(27)18(15-7-3-1-4-8-15)13-16-14-24-21-20(16)19(11-12-23-21)25-17-9-5-2-6-10-17/h1,3-4,7-8,11-14,17H,2,5-6,9-10H2,(H,26,27)(H2,23,24,25)/b18-13+. The van der Waals surface area contributed by atoms with Gasteiger partial charge in [-0.2, -0.15) is 0 Å². The highest BCUT2D eigenvalue weighted by Gasteiger charge is 2.17. The lowest BCUT2D eigenvalue weighted by molar-refractivity contribution is -0.130. The van der Waals surface area contributed by atoms with Gasteiger partial charge >= 0.3 is 5.97 Å². The van der Waals surface area contributed by atoms with Crippen molar-refractivity contribution < 1.29 is 9.90 Å². The highest BCUT2D eigenvalue weighted by molar-refractivity contribution is 6.21. The molecule has 138 valence electrons. The number of carbonyl (C=O) groups is 1. The van der Waals surface area contributed by atoms with Crippen molar-refractivity contribution in [3.63, 3.8) is 0 Å². The minimum Gasteiger partial charge on any atom is -0.478 e. The Hall–Kier alpha value is -3.08. The van der Waals surface area contributed by atoms with Crippen LogP contribution < -0.4 is 5.32 Å². The summed E-state index contributed by atoms with van der Waals surface area (Å²) in [5.41, 5.74) is 3.56. The molecule has 0 radical (unpaired) electrons. The zero-order valence-corrected chi connectivity index (χ0v) is 15.1. The first-order valence-electron chi connectivity index (χ1n) is 9.45. The molecule has 0 unspecified atom stereocenters. The van der Waals surface area contributed by atoms with E-state index in [9.17, 15) is 9.90 Å². The molecule has 3 aromatic rings. The van der Waals surface area contributed by atoms with E-state index in [1.54, 1.807) is 12.3 Å². The van der Waals surface area contributed by atoms with Gasteiger partial charge in [0.25, 0.3) is 0 Å². The van der Waals surface area contributed by atoms with Gasteiger partial charge < -0.3 is 15.4 Å². The van der Waals surface area contributed by atoms with E-state index in [1.807, 2.05) is 42.6 Å². The minimum atomic E-state index is -0.943. The van der Waals surface area contributed by atoms with E-state index in [4.69, 9.17) is 0 Å². The smallest absolute Gasteiger partial charge is 0.336 e. The Morgan fingerprint density at radius 3 is 2.67 bits per heavy atom. The molecule has 0 saturated heterocycles. The Labute approximate surface area is 158 Å². The maximum Gasteiger partial charge on any atom is 0.336 e. The molecule has 0 amide bonds. The van der Waals surface area contributed by atoms with Crippen molar-refractivity contribution in [1.82, 2.24) is 9.97 Å². The molecule has 0 aliphatic heterocycles. The molecule has 5 nitrogen and oxygen atoms in total. The Morgan fingerprint density at radius 1 is 1.15 bits per heavy atom. The number of fused-ring (bicyclic) bond motifs is 1. The SMILES string of the molecule is O=C(O)/C(=C/c1c[nH]c2nccc(NC3CCCCC3)c12)c1ccccc1. The van der Waals surface area contributed by atoms with Gasteiger partial charge in [0.05, 0.1) is 5.57 Å². The molecular weight excluding hydrogens is 338 g/mol. The van der Waals surface area contributed by atoms with Crippen molar-refractivity contribution in [2.45, 2.75) is 38.1 Å². The van der Waals surface area contributed by atoms with Crippen molar-refractivity contribution >= 4 is 34.3 Å². The van der Waals surface area contributed by atoms with Gasteiger partial charge in [-0.15, -0.1) is 0 Å². The van der Waals surface area contributed by atoms with Crippen LogP contribution in [-0.4, -0.2) is 27.1 Å². The molecule has 3 N–H and O–H groups in total. The molecule has 27 heavy (non-hydrogen) atoms. The van der Waals surface area contributed by atoms with Crippen LogP contribution in [0.5, 0.6) is 0 Å². The number of anilines is 1. The number of benzene rings is 1. The monoisotopic (exact) mass is 361 g/mol. The second-order valence-corrected chi connectivity index (χ2v) is 7.03. The highest BCUT2D eigenvalue weighted by atomic mass is 16.4. The molecule has 5 heteroatoms. The van der Waals surface area contributed by atoms with Crippen LogP contribution in [0, 0.1) is 0 Å². The normalized spacial score (nSPS) is 15.8. The third-order valence-corrected chi connectivity index (χ3v) is 5.18. The van der Waals surface area contributed by atoms with Gasteiger partial charge in [0.1, 0.15) is 5.65 Å². The molecule has 1 aromatic carbocycles. The number of H-pyrrole nitrogens is 1. The van der Waals surface area contributed by atoms with Crippen molar-refractivity contribution in [2.24, 2.45) is 0 Å². The van der Waals surface area contributed by atoms with E-state index in [2.05, 4.69) is 15.3 Å². The molecular formula is C22H23N3O2. The highest BCUT2D eigenvalue weighted by Crippen LogP contribution is 2.31. The van der Waals surface area contributed by atoms with Gasteiger partial charge in [-0.25, -0.2) is 9.78 Å². The number of aromatic nitrogens is 2. The van der Waals surface area contributed by atoms with Crippen molar-refractivity contribution in [3.05, 3.63) is 59.9 Å². The molecule has 0 atom stereocenters. The van der Waals surface area contributed by atoms with E-state index in [1.165, 1.54) is 32.1 Å². The molecule has 1 aliphatic rings. The van der Waals surface area contributed by atoms with Crippen molar-refractivity contribution in [2.75, 3.05) is 5.32 Å². The molecule has 1 fully saturated rings. The fourth-order valence-electron chi connectivity index (χ4n) is 3.82. The van der Waals surface area contributed by atoms with Crippen LogP contribution in [-0.2, 0) is 4.79 Å². The average molecular weight is 361 g/mol. The van der Waals surface area contributed by atoms with Crippen LogP contribution in [0.4, 0.5) is 5.69 Å². The van der Waals surface area contributed by atoms with E-state index in [-0.39, 0.29) is 5.57 Å². The second-order valence-electron chi connectivity index (χ2n) is 7.03. The van der Waals surface area contributed by atoms with Gasteiger partial charge in [-0.05, 0) is 30.5 Å². The predicted molar refractivity (Wildman–Crippen MR) is 109 cm³/mol. The first kappa shape index (κ1) is 17.3.